The molecule has 1 heterocycles. The number of anilines is 1. The Morgan fingerprint density at radius 2 is 1.84 bits per heavy atom. The Balaban J connectivity index is 1.66. The maximum Gasteiger partial charge on any atom is 0.255 e. The van der Waals surface area contributed by atoms with Crippen molar-refractivity contribution in [2.45, 2.75) is 13.3 Å². The van der Waals surface area contributed by atoms with Crippen molar-refractivity contribution in [3.8, 4) is 5.75 Å². The largest absolute Gasteiger partial charge is 0.484 e. The summed E-state index contributed by atoms with van der Waals surface area (Å²) in [6, 6.07) is 14.7. The zero-order chi connectivity index (χ0) is 17.8. The van der Waals surface area contributed by atoms with Gasteiger partial charge in [-0.15, -0.1) is 0 Å². The van der Waals surface area contributed by atoms with Crippen molar-refractivity contribution in [3.05, 3.63) is 59.8 Å². The number of primary amides is 1. The molecule has 0 aliphatic carbocycles. The summed E-state index contributed by atoms with van der Waals surface area (Å²) < 4.78 is 5.19. The second-order valence-corrected chi connectivity index (χ2v) is 5.78. The number of aromatic amines is 1. The van der Waals surface area contributed by atoms with Crippen molar-refractivity contribution in [1.82, 2.24) is 4.98 Å². The number of rotatable bonds is 6. The van der Waals surface area contributed by atoms with Gasteiger partial charge in [0.25, 0.3) is 5.91 Å². The molecule has 1 aromatic heterocycles. The number of amides is 2. The van der Waals surface area contributed by atoms with Gasteiger partial charge in [-0.2, -0.15) is 0 Å². The minimum Gasteiger partial charge on any atom is -0.484 e. The molecule has 0 unspecified atom stereocenters. The van der Waals surface area contributed by atoms with Gasteiger partial charge in [0.05, 0.1) is 6.42 Å². The Morgan fingerprint density at radius 3 is 2.56 bits per heavy atom. The molecular formula is C19H19N3O3. The fraction of sp³-hybridized carbons (Fsp3) is 0.158. The zero-order valence-electron chi connectivity index (χ0n) is 13.8. The maximum atomic E-state index is 12.4. The smallest absolute Gasteiger partial charge is 0.255 e. The van der Waals surface area contributed by atoms with Crippen molar-refractivity contribution in [3.63, 3.8) is 0 Å². The average molecular weight is 337 g/mol. The predicted octanol–water partition coefficient (Wildman–Crippen LogP) is 2.52. The lowest BCUT2D eigenvalue weighted by Crippen LogP contribution is -2.20. The van der Waals surface area contributed by atoms with Gasteiger partial charge in [-0.3, -0.25) is 9.59 Å². The Kier molecular flexibility index (Phi) is 4.70. The van der Waals surface area contributed by atoms with Crippen LogP contribution in [0.15, 0.2) is 48.5 Å². The highest BCUT2D eigenvalue weighted by Gasteiger charge is 2.12. The molecule has 2 aromatic carbocycles. The molecule has 0 spiro atoms. The first-order valence-electron chi connectivity index (χ1n) is 7.90. The molecule has 0 saturated carbocycles. The van der Waals surface area contributed by atoms with Crippen molar-refractivity contribution >= 4 is 28.4 Å². The molecule has 0 aliphatic heterocycles. The third kappa shape index (κ3) is 3.98. The van der Waals surface area contributed by atoms with Crippen LogP contribution in [0.4, 0.5) is 5.69 Å². The van der Waals surface area contributed by atoms with Crippen molar-refractivity contribution < 1.29 is 14.3 Å². The van der Waals surface area contributed by atoms with E-state index in [2.05, 4.69) is 10.3 Å². The monoisotopic (exact) mass is 337 g/mol. The summed E-state index contributed by atoms with van der Waals surface area (Å²) in [4.78, 5) is 26.3. The number of hydrogen-bond donors (Lipinski definition) is 3. The van der Waals surface area contributed by atoms with Crippen LogP contribution < -0.4 is 15.8 Å². The van der Waals surface area contributed by atoms with Crippen LogP contribution in [0.1, 0.15) is 11.3 Å². The summed E-state index contributed by atoms with van der Waals surface area (Å²) >= 11 is 0. The number of H-pyrrole nitrogens is 1. The molecule has 128 valence electrons. The van der Waals surface area contributed by atoms with Crippen LogP contribution >= 0.6 is 0 Å². The molecular weight excluding hydrogens is 318 g/mol. The van der Waals surface area contributed by atoms with Gasteiger partial charge in [-0.05, 0) is 42.8 Å². The highest BCUT2D eigenvalue weighted by molar-refractivity contribution is 5.96. The number of benzene rings is 2. The normalized spacial score (nSPS) is 10.6. The number of carbonyl (C=O) groups excluding carboxylic acids is 2. The van der Waals surface area contributed by atoms with Crippen LogP contribution in [-0.2, 0) is 16.0 Å². The summed E-state index contributed by atoms with van der Waals surface area (Å²) in [6.45, 7) is 1.79. The first kappa shape index (κ1) is 16.6. The first-order valence-corrected chi connectivity index (χ1v) is 7.90. The molecule has 0 bridgehead atoms. The average Bonchev–Trinajstić information content (AvgIpc) is 2.90. The Hall–Kier alpha value is -3.28. The van der Waals surface area contributed by atoms with Gasteiger partial charge >= 0.3 is 0 Å². The molecule has 0 fully saturated rings. The zero-order valence-corrected chi connectivity index (χ0v) is 13.8. The molecule has 0 saturated heterocycles. The first-order chi connectivity index (χ1) is 12.0. The van der Waals surface area contributed by atoms with E-state index in [4.69, 9.17) is 10.5 Å². The van der Waals surface area contributed by atoms with Gasteiger partial charge < -0.3 is 20.8 Å². The highest BCUT2D eigenvalue weighted by Crippen LogP contribution is 2.23. The van der Waals surface area contributed by atoms with Gasteiger partial charge in [-0.25, -0.2) is 0 Å². The fourth-order valence-corrected chi connectivity index (χ4v) is 2.72. The number of nitrogens with one attached hydrogen (secondary N) is 2. The molecule has 4 N–H and O–H groups in total. The molecule has 0 aliphatic rings. The predicted molar refractivity (Wildman–Crippen MR) is 96.5 cm³/mol. The summed E-state index contributed by atoms with van der Waals surface area (Å²) in [5.74, 6) is -0.116. The molecule has 3 rings (SSSR count). The Bertz CT molecular complexity index is 913. The van der Waals surface area contributed by atoms with Crippen molar-refractivity contribution in [2.24, 2.45) is 5.73 Å². The standard InChI is InChI=1S/C19H19N3O3/c1-12-16(15-4-2-3-5-17(15)21-12)10-19(24)22-13-6-8-14(9-7-13)25-11-18(20)23/h2-9,21H,10-11H2,1H3,(H2,20,23)(H,22,24). The third-order valence-corrected chi connectivity index (χ3v) is 3.88. The summed E-state index contributed by atoms with van der Waals surface area (Å²) in [5.41, 5.74) is 8.70. The lowest BCUT2D eigenvalue weighted by Gasteiger charge is -2.08. The van der Waals surface area contributed by atoms with E-state index in [0.29, 0.717) is 11.4 Å². The minimum atomic E-state index is -0.536. The number of carbonyl (C=O) groups is 2. The van der Waals surface area contributed by atoms with E-state index in [9.17, 15) is 9.59 Å². The van der Waals surface area contributed by atoms with Crippen LogP contribution in [0.5, 0.6) is 5.75 Å². The molecule has 3 aromatic rings. The summed E-state index contributed by atoms with van der Waals surface area (Å²) in [5, 5.41) is 3.92. The van der Waals surface area contributed by atoms with Gasteiger partial charge in [0.2, 0.25) is 5.91 Å². The van der Waals surface area contributed by atoms with Crippen molar-refractivity contribution in [2.75, 3.05) is 11.9 Å². The number of aryl methyl sites for hydroxylation is 1. The second-order valence-electron chi connectivity index (χ2n) is 5.78. The van der Waals surface area contributed by atoms with E-state index in [1.165, 1.54) is 0 Å². The van der Waals surface area contributed by atoms with E-state index in [1.807, 2.05) is 31.2 Å². The van der Waals surface area contributed by atoms with Crippen LogP contribution in [0.25, 0.3) is 10.9 Å². The van der Waals surface area contributed by atoms with E-state index in [-0.39, 0.29) is 18.9 Å². The number of para-hydroxylation sites is 1. The summed E-state index contributed by atoms with van der Waals surface area (Å²) in [7, 11) is 0. The minimum absolute atomic E-state index is 0.0985. The number of ether oxygens (including phenoxy) is 1. The van der Waals surface area contributed by atoms with E-state index in [1.54, 1.807) is 24.3 Å². The Morgan fingerprint density at radius 1 is 1.12 bits per heavy atom. The topological polar surface area (TPSA) is 97.2 Å². The number of aromatic nitrogens is 1. The SMILES string of the molecule is Cc1[nH]c2ccccc2c1CC(=O)Nc1ccc(OCC(N)=O)cc1. The highest BCUT2D eigenvalue weighted by atomic mass is 16.5. The number of nitrogens with two attached hydrogens (primary N) is 1. The van der Waals surface area contributed by atoms with Crippen LogP contribution in [0.3, 0.4) is 0 Å². The van der Waals surface area contributed by atoms with Gasteiger partial charge in [0, 0.05) is 22.3 Å². The molecule has 25 heavy (non-hydrogen) atoms. The molecule has 6 nitrogen and oxygen atoms in total. The number of hydrogen-bond acceptors (Lipinski definition) is 3. The van der Waals surface area contributed by atoms with E-state index in [0.717, 1.165) is 22.2 Å². The Labute approximate surface area is 145 Å². The quantitative estimate of drug-likeness (QED) is 0.645. The van der Waals surface area contributed by atoms with Crippen LogP contribution in [0.2, 0.25) is 0 Å². The lowest BCUT2D eigenvalue weighted by molar-refractivity contribution is -0.120. The van der Waals surface area contributed by atoms with E-state index < -0.39 is 5.91 Å². The molecule has 6 heteroatoms. The van der Waals surface area contributed by atoms with E-state index >= 15 is 0 Å². The summed E-state index contributed by atoms with van der Waals surface area (Å²) in [6.07, 6.45) is 0.287. The van der Waals surface area contributed by atoms with Crippen LogP contribution in [-0.4, -0.2) is 23.4 Å². The van der Waals surface area contributed by atoms with Gasteiger partial charge in [0.1, 0.15) is 5.75 Å². The molecule has 0 atom stereocenters. The van der Waals surface area contributed by atoms with Gasteiger partial charge in [-0.1, -0.05) is 18.2 Å². The molecule has 0 radical (unpaired) electrons. The van der Waals surface area contributed by atoms with Crippen LogP contribution in [0, 0.1) is 6.92 Å². The lowest BCUT2D eigenvalue weighted by atomic mass is 10.1. The number of fused-ring (bicyclic) bond motifs is 1. The molecule has 2 amide bonds. The third-order valence-electron chi connectivity index (χ3n) is 3.88. The van der Waals surface area contributed by atoms with Crippen molar-refractivity contribution in [1.29, 1.82) is 0 Å². The second kappa shape index (κ2) is 7.09. The fourth-order valence-electron chi connectivity index (χ4n) is 2.72. The van der Waals surface area contributed by atoms with Gasteiger partial charge in [0.15, 0.2) is 6.61 Å². The maximum absolute atomic E-state index is 12.4.